The maximum atomic E-state index is 14.6. The number of hydrogen-bond acceptors (Lipinski definition) is 6. The van der Waals surface area contributed by atoms with Crippen molar-refractivity contribution in [3.8, 4) is 11.5 Å². The van der Waals surface area contributed by atoms with Crippen molar-refractivity contribution in [1.82, 2.24) is 9.47 Å². The first-order valence-corrected chi connectivity index (χ1v) is 16.6. The van der Waals surface area contributed by atoms with Crippen LogP contribution in [0.3, 0.4) is 0 Å². The number of para-hydroxylation sites is 2. The topological polar surface area (TPSA) is 89.9 Å². The van der Waals surface area contributed by atoms with Gasteiger partial charge in [0.05, 0.1) is 29.2 Å². The highest BCUT2D eigenvalue weighted by atomic mass is 16.5. The number of pyridine rings is 1. The molecule has 252 valence electrons. The predicted molar refractivity (Wildman–Crippen MR) is 197 cm³/mol. The summed E-state index contributed by atoms with van der Waals surface area (Å²) in [7, 11) is 1.98. The third kappa shape index (κ3) is 7.51. The Morgan fingerprint density at radius 1 is 0.760 bits per heavy atom. The van der Waals surface area contributed by atoms with E-state index in [9.17, 15) is 14.4 Å². The summed E-state index contributed by atoms with van der Waals surface area (Å²) >= 11 is 0. The van der Waals surface area contributed by atoms with Crippen molar-refractivity contribution >= 4 is 28.5 Å². The second-order valence-corrected chi connectivity index (χ2v) is 12.1. The zero-order chi connectivity index (χ0) is 35.0. The van der Waals surface area contributed by atoms with Crippen LogP contribution in [0, 0.1) is 0 Å². The Hall–Kier alpha value is -5.99. The Bertz CT molecular complexity index is 2130. The van der Waals surface area contributed by atoms with E-state index in [1.54, 1.807) is 25.3 Å². The molecule has 1 amide bonds. The summed E-state index contributed by atoms with van der Waals surface area (Å²) < 4.78 is 14.0. The van der Waals surface area contributed by atoms with Gasteiger partial charge in [-0.3, -0.25) is 14.5 Å². The average molecular weight is 666 g/mol. The summed E-state index contributed by atoms with van der Waals surface area (Å²) in [5.41, 5.74) is 4.27. The van der Waals surface area contributed by atoms with Crippen molar-refractivity contribution in [3.05, 3.63) is 172 Å². The molecule has 0 aliphatic rings. The van der Waals surface area contributed by atoms with E-state index in [1.165, 1.54) is 6.92 Å². The third-order valence-electron chi connectivity index (χ3n) is 8.41. The highest BCUT2D eigenvalue weighted by molar-refractivity contribution is 5.96. The number of amides is 1. The van der Waals surface area contributed by atoms with Gasteiger partial charge < -0.3 is 19.4 Å². The second kappa shape index (κ2) is 15.5. The summed E-state index contributed by atoms with van der Waals surface area (Å²) in [6, 6.07) is 40.5. The molecule has 0 unspecified atom stereocenters. The first-order valence-electron chi connectivity index (χ1n) is 16.6. The molecule has 0 fully saturated rings. The zero-order valence-corrected chi connectivity index (χ0v) is 28.3. The number of esters is 1. The minimum absolute atomic E-state index is 0.0704. The Labute approximate surface area is 291 Å². The van der Waals surface area contributed by atoms with Gasteiger partial charge in [-0.25, -0.2) is 4.79 Å². The highest BCUT2D eigenvalue weighted by Crippen LogP contribution is 2.37. The van der Waals surface area contributed by atoms with Crippen LogP contribution in [0.25, 0.3) is 10.9 Å². The molecule has 50 heavy (non-hydrogen) atoms. The number of rotatable bonds is 12. The maximum Gasteiger partial charge on any atom is 0.343 e. The van der Waals surface area contributed by atoms with E-state index in [4.69, 9.17) is 9.47 Å². The maximum absolute atomic E-state index is 14.6. The Kier molecular flexibility index (Phi) is 10.5. The summed E-state index contributed by atoms with van der Waals surface area (Å²) in [5.74, 6) is -0.0886. The van der Waals surface area contributed by atoms with Gasteiger partial charge in [-0.1, -0.05) is 103 Å². The van der Waals surface area contributed by atoms with E-state index >= 15 is 0 Å². The van der Waals surface area contributed by atoms with E-state index in [0.29, 0.717) is 46.7 Å². The normalized spacial score (nSPS) is 11.1. The molecule has 0 radical (unpaired) electrons. The number of carbonyl (C=O) groups is 2. The van der Waals surface area contributed by atoms with Gasteiger partial charge in [0, 0.05) is 31.8 Å². The van der Waals surface area contributed by atoms with Crippen molar-refractivity contribution in [1.29, 1.82) is 0 Å². The number of hydrogen-bond donors (Lipinski definition) is 1. The second-order valence-electron chi connectivity index (χ2n) is 12.1. The highest BCUT2D eigenvalue weighted by Gasteiger charge is 2.26. The lowest BCUT2D eigenvalue weighted by atomic mass is 9.96. The molecule has 6 rings (SSSR count). The van der Waals surface area contributed by atoms with E-state index < -0.39 is 11.4 Å². The molecule has 0 aliphatic heterocycles. The van der Waals surface area contributed by atoms with Crippen LogP contribution in [-0.4, -0.2) is 35.0 Å². The zero-order valence-electron chi connectivity index (χ0n) is 28.3. The van der Waals surface area contributed by atoms with Crippen LogP contribution in [0.2, 0.25) is 0 Å². The van der Waals surface area contributed by atoms with Crippen LogP contribution in [0.15, 0.2) is 138 Å². The lowest BCUT2D eigenvalue weighted by Gasteiger charge is -2.27. The molecular weight excluding hydrogens is 626 g/mol. The molecule has 0 aliphatic carbocycles. The number of nitrogens with zero attached hydrogens (tertiary/aromatic N) is 2. The van der Waals surface area contributed by atoms with Crippen LogP contribution in [0.5, 0.6) is 11.5 Å². The summed E-state index contributed by atoms with van der Waals surface area (Å²) in [5, 5.41) is 3.18. The Morgan fingerprint density at radius 2 is 1.36 bits per heavy atom. The van der Waals surface area contributed by atoms with E-state index in [2.05, 4.69) is 22.3 Å². The number of benzene rings is 5. The van der Waals surface area contributed by atoms with Crippen molar-refractivity contribution in [2.75, 3.05) is 19.0 Å². The minimum atomic E-state index is -0.695. The Balaban J connectivity index is 1.63. The molecule has 5 aromatic carbocycles. The minimum Gasteiger partial charge on any atom is -0.462 e. The third-order valence-corrected chi connectivity index (χ3v) is 8.41. The molecule has 0 atom stereocenters. The average Bonchev–Trinajstić information content (AvgIpc) is 3.12. The van der Waals surface area contributed by atoms with Crippen LogP contribution >= 0.6 is 0 Å². The SMILES string of the molecule is CCOC(=O)c1cn(C(c2ccccc2)c2ccccc2)c2ccc(Oc3ccccc3NC(C)=O)c(CN(C)Cc3ccccc3)c2c1=O. The molecule has 0 bridgehead atoms. The molecule has 0 saturated carbocycles. The quantitative estimate of drug-likeness (QED) is 0.133. The van der Waals surface area contributed by atoms with Gasteiger partial charge in [0.25, 0.3) is 0 Å². The molecule has 0 spiro atoms. The number of aromatic nitrogens is 1. The van der Waals surface area contributed by atoms with Gasteiger partial charge in [0.15, 0.2) is 5.75 Å². The first kappa shape index (κ1) is 33.9. The van der Waals surface area contributed by atoms with E-state index in [-0.39, 0.29) is 24.1 Å². The summed E-state index contributed by atoms with van der Waals surface area (Å²) in [4.78, 5) is 42.3. The lowest BCUT2D eigenvalue weighted by molar-refractivity contribution is -0.114. The van der Waals surface area contributed by atoms with Gasteiger partial charge in [0.2, 0.25) is 11.3 Å². The number of carbonyl (C=O) groups excluding carboxylic acids is 2. The fourth-order valence-corrected chi connectivity index (χ4v) is 6.28. The smallest absolute Gasteiger partial charge is 0.343 e. The molecular formula is C42H39N3O5. The molecule has 8 nitrogen and oxygen atoms in total. The largest absolute Gasteiger partial charge is 0.462 e. The molecule has 8 heteroatoms. The molecule has 6 aromatic rings. The monoisotopic (exact) mass is 665 g/mol. The standard InChI is InChI=1S/C42H39N3O5/c1-4-49-42(48)34-28-45(40(31-18-10-6-11-19-31)32-20-12-7-13-21-32)36-24-25-37(50-38-23-15-14-22-35(38)43-29(2)46)33(39(36)41(34)47)27-44(3)26-30-16-8-5-9-17-30/h5-25,28,40H,4,26-27H2,1-3H3,(H,43,46). The van der Waals surface area contributed by atoms with Crippen LogP contribution in [-0.2, 0) is 22.6 Å². The molecule has 1 N–H and O–H groups in total. The number of nitrogens with one attached hydrogen (secondary N) is 1. The first-order chi connectivity index (χ1) is 24.3. The van der Waals surface area contributed by atoms with Gasteiger partial charge in [0.1, 0.15) is 11.3 Å². The lowest BCUT2D eigenvalue weighted by Crippen LogP contribution is -2.26. The fraction of sp³-hybridized carbons (Fsp3) is 0.167. The van der Waals surface area contributed by atoms with Crippen LogP contribution in [0.1, 0.15) is 52.5 Å². The molecule has 1 aromatic heterocycles. The van der Waals surface area contributed by atoms with Crippen molar-refractivity contribution in [3.63, 3.8) is 0 Å². The molecule has 0 saturated heterocycles. The summed E-state index contributed by atoms with van der Waals surface area (Å²) in [6.45, 7) is 4.18. The van der Waals surface area contributed by atoms with Gasteiger partial charge in [-0.05, 0) is 54.9 Å². The van der Waals surface area contributed by atoms with Crippen molar-refractivity contribution in [2.45, 2.75) is 33.0 Å². The Morgan fingerprint density at radius 3 is 1.98 bits per heavy atom. The number of fused-ring (bicyclic) bond motifs is 1. The molecule has 1 heterocycles. The predicted octanol–water partition coefficient (Wildman–Crippen LogP) is 8.20. The van der Waals surface area contributed by atoms with E-state index in [0.717, 1.165) is 16.7 Å². The van der Waals surface area contributed by atoms with Gasteiger partial charge in [-0.2, -0.15) is 0 Å². The summed E-state index contributed by atoms with van der Waals surface area (Å²) in [6.07, 6.45) is 1.62. The number of anilines is 1. The fourth-order valence-electron chi connectivity index (χ4n) is 6.28. The van der Waals surface area contributed by atoms with Crippen LogP contribution < -0.4 is 15.5 Å². The van der Waals surface area contributed by atoms with Gasteiger partial charge in [-0.15, -0.1) is 0 Å². The van der Waals surface area contributed by atoms with Gasteiger partial charge >= 0.3 is 5.97 Å². The van der Waals surface area contributed by atoms with Crippen molar-refractivity contribution < 1.29 is 19.1 Å². The number of ether oxygens (including phenoxy) is 2. The van der Waals surface area contributed by atoms with E-state index in [1.807, 2.05) is 115 Å². The van der Waals surface area contributed by atoms with Crippen LogP contribution in [0.4, 0.5) is 5.69 Å². The van der Waals surface area contributed by atoms with Crippen molar-refractivity contribution in [2.24, 2.45) is 0 Å².